The summed E-state index contributed by atoms with van der Waals surface area (Å²) in [4.78, 5) is 23.0. The Kier molecular flexibility index (Phi) is 6.93. The minimum atomic E-state index is -0.327. The summed E-state index contributed by atoms with van der Waals surface area (Å²) in [6.45, 7) is 4.67. The maximum Gasteiger partial charge on any atom is 0.229 e. The minimum Gasteiger partial charge on any atom is -0.379 e. The predicted octanol–water partition coefficient (Wildman–Crippen LogP) is 4.21. The van der Waals surface area contributed by atoms with Gasteiger partial charge in [-0.1, -0.05) is 48.5 Å². The van der Waals surface area contributed by atoms with Crippen LogP contribution in [0.15, 0.2) is 67.0 Å². The zero-order valence-corrected chi connectivity index (χ0v) is 20.2. The molecule has 1 unspecified atom stereocenters. The number of ether oxygens (including phenoxy) is 1. The van der Waals surface area contributed by atoms with Crippen molar-refractivity contribution in [3.05, 3.63) is 78.1 Å². The predicted molar refractivity (Wildman–Crippen MR) is 136 cm³/mol. The van der Waals surface area contributed by atoms with Gasteiger partial charge in [0.1, 0.15) is 0 Å². The van der Waals surface area contributed by atoms with E-state index in [0.29, 0.717) is 25.7 Å². The van der Waals surface area contributed by atoms with Crippen LogP contribution in [0.2, 0.25) is 0 Å². The average Bonchev–Trinajstić information content (AvgIpc) is 3.11. The second-order valence-corrected chi connectivity index (χ2v) is 10.2. The molecule has 0 spiro atoms. The summed E-state index contributed by atoms with van der Waals surface area (Å²) in [6.07, 6.45) is 7.33. The lowest BCUT2D eigenvalue weighted by Crippen LogP contribution is -2.52. The highest BCUT2D eigenvalue weighted by atomic mass is 16.5. The zero-order valence-electron chi connectivity index (χ0n) is 20.2. The molecule has 3 heterocycles. The van der Waals surface area contributed by atoms with E-state index in [1.807, 2.05) is 18.5 Å². The number of hydrogen-bond donors (Lipinski definition) is 0. The fourth-order valence-electron chi connectivity index (χ4n) is 5.69. The van der Waals surface area contributed by atoms with Crippen molar-refractivity contribution >= 4 is 16.7 Å². The van der Waals surface area contributed by atoms with Crippen LogP contribution >= 0.6 is 0 Å². The Morgan fingerprint density at radius 2 is 1.88 bits per heavy atom. The van der Waals surface area contributed by atoms with E-state index in [-0.39, 0.29) is 11.3 Å². The number of pyridine rings is 1. The molecule has 2 aliphatic heterocycles. The van der Waals surface area contributed by atoms with Crippen LogP contribution in [0, 0.1) is 11.3 Å². The largest absolute Gasteiger partial charge is 0.379 e. The van der Waals surface area contributed by atoms with Gasteiger partial charge in [0.2, 0.25) is 5.91 Å². The van der Waals surface area contributed by atoms with Crippen molar-refractivity contribution in [1.29, 1.82) is 0 Å². The average molecular weight is 458 g/mol. The first-order valence-corrected chi connectivity index (χ1v) is 12.5. The van der Waals surface area contributed by atoms with Crippen molar-refractivity contribution in [2.75, 3.05) is 46.4 Å². The van der Waals surface area contributed by atoms with E-state index in [1.54, 1.807) is 0 Å². The number of aromatic nitrogens is 1. The summed E-state index contributed by atoms with van der Waals surface area (Å²) in [5, 5.41) is 2.41. The van der Waals surface area contributed by atoms with E-state index in [2.05, 4.69) is 70.4 Å². The van der Waals surface area contributed by atoms with Gasteiger partial charge in [-0.25, -0.2) is 0 Å². The molecule has 2 aliphatic rings. The Bertz CT molecular complexity index is 1100. The van der Waals surface area contributed by atoms with Gasteiger partial charge in [-0.2, -0.15) is 0 Å². The number of carbonyl (C=O) groups excluding carboxylic acids is 1. The highest BCUT2D eigenvalue weighted by molar-refractivity contribution is 5.85. The SMILES string of the molecule is CN1CCC(Cc2ccccc2)(C(=O)N2CCOCC(Cc3cccc4ccncc34)C2)CC1. The van der Waals surface area contributed by atoms with Crippen molar-refractivity contribution in [2.45, 2.75) is 25.7 Å². The van der Waals surface area contributed by atoms with Gasteiger partial charge in [-0.15, -0.1) is 0 Å². The topological polar surface area (TPSA) is 45.7 Å². The quantitative estimate of drug-likeness (QED) is 0.576. The van der Waals surface area contributed by atoms with Gasteiger partial charge in [0.05, 0.1) is 18.6 Å². The fraction of sp³-hybridized carbons (Fsp3) is 0.448. The summed E-state index contributed by atoms with van der Waals surface area (Å²) in [5.41, 5.74) is 2.21. The zero-order chi connectivity index (χ0) is 23.4. The molecule has 1 amide bonds. The molecule has 5 nitrogen and oxygen atoms in total. The summed E-state index contributed by atoms with van der Waals surface area (Å²) >= 11 is 0. The van der Waals surface area contributed by atoms with Gasteiger partial charge in [-0.05, 0) is 68.4 Å². The van der Waals surface area contributed by atoms with E-state index >= 15 is 0 Å². The first-order valence-electron chi connectivity index (χ1n) is 12.5. The number of fused-ring (bicyclic) bond motifs is 1. The van der Waals surface area contributed by atoms with Crippen molar-refractivity contribution in [3.8, 4) is 0 Å². The monoisotopic (exact) mass is 457 g/mol. The highest BCUT2D eigenvalue weighted by Crippen LogP contribution is 2.37. The molecule has 5 rings (SSSR count). The first-order chi connectivity index (χ1) is 16.6. The van der Waals surface area contributed by atoms with E-state index in [4.69, 9.17) is 4.74 Å². The van der Waals surface area contributed by atoms with Crippen LogP contribution in [0.1, 0.15) is 24.0 Å². The molecule has 0 saturated carbocycles. The van der Waals surface area contributed by atoms with Gasteiger partial charge in [-0.3, -0.25) is 9.78 Å². The highest BCUT2D eigenvalue weighted by Gasteiger charge is 2.43. The van der Waals surface area contributed by atoms with Gasteiger partial charge in [0, 0.05) is 36.8 Å². The molecule has 1 atom stereocenters. The molecule has 2 fully saturated rings. The molecular formula is C29H35N3O2. The molecule has 2 saturated heterocycles. The third-order valence-electron chi connectivity index (χ3n) is 7.69. The molecule has 0 bridgehead atoms. The Hall–Kier alpha value is -2.76. The Morgan fingerprint density at radius 1 is 1.06 bits per heavy atom. The molecule has 34 heavy (non-hydrogen) atoms. The molecule has 5 heteroatoms. The van der Waals surface area contributed by atoms with Crippen LogP contribution in [0.25, 0.3) is 10.8 Å². The molecule has 3 aromatic rings. The van der Waals surface area contributed by atoms with Crippen molar-refractivity contribution < 1.29 is 9.53 Å². The first kappa shape index (κ1) is 23.0. The molecule has 178 valence electrons. The van der Waals surface area contributed by atoms with Crippen molar-refractivity contribution in [1.82, 2.24) is 14.8 Å². The number of rotatable bonds is 5. The molecule has 0 aliphatic carbocycles. The maximum absolute atomic E-state index is 14.2. The van der Waals surface area contributed by atoms with Crippen LogP contribution in [-0.4, -0.2) is 67.1 Å². The standard InChI is InChI=1S/C29H35N3O2/c1-31-14-11-29(12-15-31,19-23-6-3-2-4-7-23)28(33)32-16-17-34-22-24(21-32)18-26-9-5-8-25-10-13-30-20-27(25)26/h2-10,13,20,24H,11-12,14-19,21-22H2,1H3. The Labute approximate surface area is 202 Å². The number of carbonyl (C=O) groups is 1. The number of nitrogens with zero attached hydrogens (tertiary/aromatic N) is 3. The number of benzene rings is 2. The summed E-state index contributed by atoms with van der Waals surface area (Å²) < 4.78 is 6.01. The van der Waals surface area contributed by atoms with Crippen LogP contribution in [0.5, 0.6) is 0 Å². The molecule has 0 N–H and O–H groups in total. The minimum absolute atomic E-state index is 0.275. The summed E-state index contributed by atoms with van der Waals surface area (Å²) in [6, 6.07) is 19.0. The van der Waals surface area contributed by atoms with Crippen LogP contribution in [0.4, 0.5) is 0 Å². The Morgan fingerprint density at radius 3 is 2.71 bits per heavy atom. The van der Waals surface area contributed by atoms with E-state index in [1.165, 1.54) is 21.9 Å². The third-order valence-corrected chi connectivity index (χ3v) is 7.69. The van der Waals surface area contributed by atoms with Crippen molar-refractivity contribution in [3.63, 3.8) is 0 Å². The normalized spacial score (nSPS) is 21.3. The summed E-state index contributed by atoms with van der Waals surface area (Å²) in [7, 11) is 2.16. The number of likely N-dealkylation sites (tertiary alicyclic amines) is 1. The second-order valence-electron chi connectivity index (χ2n) is 10.2. The second kappa shape index (κ2) is 10.2. The Balaban J connectivity index is 1.37. The fourth-order valence-corrected chi connectivity index (χ4v) is 5.69. The lowest BCUT2D eigenvalue weighted by Gasteiger charge is -2.42. The number of amides is 1. The molecule has 0 radical (unpaired) electrons. The van der Waals surface area contributed by atoms with Crippen LogP contribution in [0.3, 0.4) is 0 Å². The van der Waals surface area contributed by atoms with Crippen LogP contribution in [-0.2, 0) is 22.4 Å². The van der Waals surface area contributed by atoms with E-state index in [0.717, 1.165) is 45.3 Å². The molecular weight excluding hydrogens is 422 g/mol. The van der Waals surface area contributed by atoms with Gasteiger partial charge >= 0.3 is 0 Å². The van der Waals surface area contributed by atoms with Gasteiger partial charge in [0.15, 0.2) is 0 Å². The molecule has 2 aromatic carbocycles. The van der Waals surface area contributed by atoms with E-state index < -0.39 is 0 Å². The van der Waals surface area contributed by atoms with Gasteiger partial charge < -0.3 is 14.5 Å². The van der Waals surface area contributed by atoms with Gasteiger partial charge in [0.25, 0.3) is 0 Å². The maximum atomic E-state index is 14.2. The third kappa shape index (κ3) is 5.01. The lowest BCUT2D eigenvalue weighted by molar-refractivity contribution is -0.145. The smallest absolute Gasteiger partial charge is 0.229 e. The lowest BCUT2D eigenvalue weighted by atomic mass is 9.72. The summed E-state index contributed by atoms with van der Waals surface area (Å²) in [5.74, 6) is 0.594. The number of piperidine rings is 1. The van der Waals surface area contributed by atoms with E-state index in [9.17, 15) is 4.79 Å². The van der Waals surface area contributed by atoms with Crippen LogP contribution < -0.4 is 0 Å². The van der Waals surface area contributed by atoms with Crippen molar-refractivity contribution in [2.24, 2.45) is 11.3 Å². The molecule has 1 aromatic heterocycles. The number of hydrogen-bond acceptors (Lipinski definition) is 4.